The first-order chi connectivity index (χ1) is 16.6. The molecule has 0 saturated carbocycles. The summed E-state index contributed by atoms with van der Waals surface area (Å²) in [6, 6.07) is 5.36. The number of carbonyl (C=O) groups excluding carboxylic acids is 1. The molecule has 0 aliphatic rings. The number of carboxylic acids is 1. The first kappa shape index (κ1) is 26.2. The predicted octanol–water partition coefficient (Wildman–Crippen LogP) is 3.80. The van der Waals surface area contributed by atoms with Gasteiger partial charge >= 0.3 is 5.97 Å². The number of nitrogens with zero attached hydrogens (tertiary/aromatic N) is 1. The van der Waals surface area contributed by atoms with Gasteiger partial charge in [0.2, 0.25) is 0 Å². The van der Waals surface area contributed by atoms with Crippen molar-refractivity contribution in [1.29, 1.82) is 0 Å². The van der Waals surface area contributed by atoms with E-state index in [1.165, 1.54) is 12.4 Å². The standard InChI is InChI=1S/C24H24Cl2N4O5/c1-3-12(2)9-28-19-20(22(32)21(19)31)30-17(24(34)35)8-13-4-6-14(7-5-13)29-23(33)18-15(25)10-27-11-16(18)26/h4-7,10-12,17,28,30H,3,8-9H2,1-2H3,(H,29,33)(H,34,35)/t12-,17?/m0/s1. The van der Waals surface area contributed by atoms with Crippen molar-refractivity contribution in [3.63, 3.8) is 0 Å². The summed E-state index contributed by atoms with van der Waals surface area (Å²) in [5.41, 5.74) is -0.122. The van der Waals surface area contributed by atoms with Gasteiger partial charge < -0.3 is 21.1 Å². The van der Waals surface area contributed by atoms with Crippen LogP contribution in [0, 0.1) is 5.92 Å². The molecular weight excluding hydrogens is 495 g/mol. The Kier molecular flexibility index (Phi) is 8.48. The van der Waals surface area contributed by atoms with Gasteiger partial charge in [-0.05, 0) is 23.6 Å². The molecule has 1 unspecified atom stereocenters. The summed E-state index contributed by atoms with van der Waals surface area (Å²) in [4.78, 5) is 52.1. The summed E-state index contributed by atoms with van der Waals surface area (Å²) in [7, 11) is 0. The third-order valence-electron chi connectivity index (χ3n) is 5.58. The number of aliphatic carboxylic acids is 1. The highest BCUT2D eigenvalue weighted by atomic mass is 35.5. The van der Waals surface area contributed by atoms with Gasteiger partial charge in [0.05, 0.1) is 15.6 Å². The number of amides is 1. The molecule has 0 aliphatic carbocycles. The number of hydrogen-bond donors (Lipinski definition) is 4. The van der Waals surface area contributed by atoms with Crippen molar-refractivity contribution in [3.05, 3.63) is 78.3 Å². The molecule has 0 radical (unpaired) electrons. The Hall–Kier alpha value is -3.43. The number of carbonyl (C=O) groups is 2. The summed E-state index contributed by atoms with van der Waals surface area (Å²) in [6.07, 6.45) is 3.55. The zero-order chi connectivity index (χ0) is 25.7. The second-order valence-electron chi connectivity index (χ2n) is 8.17. The highest BCUT2D eigenvalue weighted by molar-refractivity contribution is 6.40. The van der Waals surface area contributed by atoms with Gasteiger partial charge in [0.25, 0.3) is 16.8 Å². The molecule has 0 saturated heterocycles. The minimum atomic E-state index is -1.18. The van der Waals surface area contributed by atoms with Crippen LogP contribution < -0.4 is 26.8 Å². The van der Waals surface area contributed by atoms with E-state index in [0.717, 1.165) is 6.42 Å². The maximum absolute atomic E-state index is 12.5. The van der Waals surface area contributed by atoms with Crippen molar-refractivity contribution in [2.75, 3.05) is 22.5 Å². The van der Waals surface area contributed by atoms with E-state index in [2.05, 4.69) is 20.9 Å². The van der Waals surface area contributed by atoms with Gasteiger partial charge in [-0.2, -0.15) is 0 Å². The minimum Gasteiger partial charge on any atom is -0.480 e. The molecule has 1 heterocycles. The van der Waals surface area contributed by atoms with Gasteiger partial charge in [-0.15, -0.1) is 0 Å². The molecule has 3 aromatic rings. The molecule has 0 aliphatic heterocycles. The summed E-state index contributed by atoms with van der Waals surface area (Å²) >= 11 is 12.0. The molecule has 0 spiro atoms. The number of hydrogen-bond acceptors (Lipinski definition) is 7. The van der Waals surface area contributed by atoms with Gasteiger partial charge in [0.1, 0.15) is 17.4 Å². The zero-order valence-electron chi connectivity index (χ0n) is 19.0. The first-order valence-corrected chi connectivity index (χ1v) is 11.6. The molecule has 2 aromatic carbocycles. The van der Waals surface area contributed by atoms with Crippen LogP contribution in [0.2, 0.25) is 10.0 Å². The molecule has 1 amide bonds. The maximum Gasteiger partial charge on any atom is 0.326 e. The van der Waals surface area contributed by atoms with Crippen LogP contribution in [0.1, 0.15) is 36.2 Å². The Morgan fingerprint density at radius 2 is 1.63 bits per heavy atom. The zero-order valence-corrected chi connectivity index (χ0v) is 20.5. The van der Waals surface area contributed by atoms with E-state index in [9.17, 15) is 24.3 Å². The molecular formula is C24H24Cl2N4O5. The lowest BCUT2D eigenvalue weighted by molar-refractivity contribution is -0.137. The first-order valence-electron chi connectivity index (χ1n) is 10.9. The molecule has 3 rings (SSSR count). The SMILES string of the molecule is CC[C@H](C)CNc1c(NC(Cc2ccc(NC(=O)c3c(Cl)cncc3Cl)cc2)C(=O)O)c(=O)c1=O. The third kappa shape index (κ3) is 6.17. The van der Waals surface area contributed by atoms with Crippen molar-refractivity contribution in [2.24, 2.45) is 5.92 Å². The average molecular weight is 519 g/mol. The van der Waals surface area contributed by atoms with E-state index in [1.807, 2.05) is 13.8 Å². The van der Waals surface area contributed by atoms with Gasteiger partial charge in [-0.3, -0.25) is 19.4 Å². The summed E-state index contributed by atoms with van der Waals surface area (Å²) in [5, 5.41) is 18.2. The molecule has 0 fully saturated rings. The molecule has 11 heteroatoms. The quantitative estimate of drug-likeness (QED) is 0.281. The lowest BCUT2D eigenvalue weighted by atomic mass is 10.0. The largest absolute Gasteiger partial charge is 0.480 e. The Morgan fingerprint density at radius 1 is 1.03 bits per heavy atom. The van der Waals surface area contributed by atoms with E-state index in [4.69, 9.17) is 23.2 Å². The number of rotatable bonds is 11. The van der Waals surface area contributed by atoms with Gasteiger partial charge in [0.15, 0.2) is 0 Å². The van der Waals surface area contributed by atoms with Crippen molar-refractivity contribution in [3.8, 4) is 0 Å². The van der Waals surface area contributed by atoms with Gasteiger partial charge in [-0.1, -0.05) is 55.6 Å². The van der Waals surface area contributed by atoms with Crippen molar-refractivity contribution in [2.45, 2.75) is 32.7 Å². The number of anilines is 3. The lowest BCUT2D eigenvalue weighted by Gasteiger charge is -2.21. The highest BCUT2D eigenvalue weighted by Crippen LogP contribution is 2.24. The Balaban J connectivity index is 1.68. The fraction of sp³-hybridized carbons (Fsp3) is 0.292. The van der Waals surface area contributed by atoms with Crippen molar-refractivity contribution in [1.82, 2.24) is 4.98 Å². The third-order valence-corrected chi connectivity index (χ3v) is 6.16. The lowest BCUT2D eigenvalue weighted by Crippen LogP contribution is -2.42. The molecule has 2 atom stereocenters. The Morgan fingerprint density at radius 3 is 2.20 bits per heavy atom. The van der Waals surface area contributed by atoms with Crippen LogP contribution >= 0.6 is 23.2 Å². The van der Waals surface area contributed by atoms with Gasteiger partial charge in [0, 0.05) is 31.0 Å². The van der Waals surface area contributed by atoms with E-state index in [0.29, 0.717) is 17.8 Å². The van der Waals surface area contributed by atoms with Crippen LogP contribution in [0.15, 0.2) is 46.2 Å². The normalized spacial score (nSPS) is 12.7. The van der Waals surface area contributed by atoms with E-state index >= 15 is 0 Å². The highest BCUT2D eigenvalue weighted by Gasteiger charge is 2.27. The van der Waals surface area contributed by atoms with Crippen molar-refractivity contribution < 1.29 is 14.7 Å². The summed E-state index contributed by atoms with van der Waals surface area (Å²) in [5.74, 6) is -1.41. The van der Waals surface area contributed by atoms with Crippen LogP contribution in [0.3, 0.4) is 0 Å². The molecule has 4 N–H and O–H groups in total. The van der Waals surface area contributed by atoms with Crippen molar-refractivity contribution >= 4 is 52.1 Å². The topological polar surface area (TPSA) is 137 Å². The molecule has 35 heavy (non-hydrogen) atoms. The van der Waals surface area contributed by atoms with E-state index in [-0.39, 0.29) is 39.3 Å². The smallest absolute Gasteiger partial charge is 0.326 e. The Labute approximate surface area is 211 Å². The molecule has 184 valence electrons. The number of nitrogens with one attached hydrogen (secondary N) is 3. The van der Waals surface area contributed by atoms with Crippen LogP contribution in [-0.4, -0.2) is 34.6 Å². The number of carboxylic acid groups (broad SMARTS) is 1. The summed E-state index contributed by atoms with van der Waals surface area (Å²) < 4.78 is 0. The fourth-order valence-electron chi connectivity index (χ4n) is 3.27. The van der Waals surface area contributed by atoms with E-state index in [1.54, 1.807) is 24.3 Å². The van der Waals surface area contributed by atoms with Gasteiger partial charge in [-0.25, -0.2) is 4.79 Å². The van der Waals surface area contributed by atoms with Crippen LogP contribution in [0.5, 0.6) is 0 Å². The van der Waals surface area contributed by atoms with Crippen LogP contribution in [0.25, 0.3) is 0 Å². The van der Waals surface area contributed by atoms with Crippen LogP contribution in [0.4, 0.5) is 17.1 Å². The summed E-state index contributed by atoms with van der Waals surface area (Å²) in [6.45, 7) is 4.50. The fourth-order valence-corrected chi connectivity index (χ4v) is 3.81. The maximum atomic E-state index is 12.5. The second kappa shape index (κ2) is 11.3. The number of benzene rings is 1. The molecule has 9 nitrogen and oxygen atoms in total. The average Bonchev–Trinajstić information content (AvgIpc) is 2.83. The monoisotopic (exact) mass is 518 g/mol. The number of pyridine rings is 1. The number of halogens is 2. The minimum absolute atomic E-state index is 0.0132. The molecule has 0 bridgehead atoms. The predicted molar refractivity (Wildman–Crippen MR) is 137 cm³/mol. The second-order valence-corrected chi connectivity index (χ2v) is 8.99. The van der Waals surface area contributed by atoms with E-state index < -0.39 is 28.8 Å². The number of aromatic nitrogens is 1. The Bertz CT molecular complexity index is 1280. The molecule has 1 aromatic heterocycles. The van der Waals surface area contributed by atoms with Crippen LogP contribution in [-0.2, 0) is 11.2 Å².